The molecule has 3 aromatic carbocycles. The molecule has 0 bridgehead atoms. The van der Waals surface area contributed by atoms with Crippen molar-refractivity contribution in [1.82, 2.24) is 9.88 Å². The molecule has 1 amide bonds. The van der Waals surface area contributed by atoms with Gasteiger partial charge >= 0.3 is 0 Å². The molecule has 1 unspecified atom stereocenters. The van der Waals surface area contributed by atoms with Gasteiger partial charge in [0, 0.05) is 35.9 Å². The van der Waals surface area contributed by atoms with Gasteiger partial charge in [-0.05, 0) is 55.0 Å². The van der Waals surface area contributed by atoms with Crippen molar-refractivity contribution in [2.24, 2.45) is 0 Å². The molecule has 33 heavy (non-hydrogen) atoms. The van der Waals surface area contributed by atoms with Gasteiger partial charge in [-0.3, -0.25) is 9.78 Å². The number of anilines is 2. The third-order valence-corrected chi connectivity index (χ3v) is 6.92. The zero-order chi connectivity index (χ0) is 22.8. The molecule has 1 saturated heterocycles. The highest BCUT2D eigenvalue weighted by molar-refractivity contribution is 7.93. The number of para-hydroxylation sites is 2. The fourth-order valence-electron chi connectivity index (χ4n) is 3.98. The predicted molar refractivity (Wildman–Crippen MR) is 133 cm³/mol. The van der Waals surface area contributed by atoms with Crippen molar-refractivity contribution < 1.29 is 9.35 Å². The van der Waals surface area contributed by atoms with Crippen LogP contribution in [0.3, 0.4) is 0 Å². The summed E-state index contributed by atoms with van der Waals surface area (Å²) >= 11 is -1.48. The molecule has 7 heteroatoms. The second kappa shape index (κ2) is 9.13. The van der Waals surface area contributed by atoms with Gasteiger partial charge in [0.25, 0.3) is 5.91 Å². The van der Waals surface area contributed by atoms with Gasteiger partial charge in [0.1, 0.15) is 16.9 Å². The number of hydrogen-bond acceptors (Lipinski definition) is 5. The number of benzene rings is 3. The minimum absolute atomic E-state index is 0.00939. The molecule has 1 aliphatic rings. The van der Waals surface area contributed by atoms with Crippen LogP contribution in [-0.2, 0) is 11.4 Å². The number of pyridine rings is 1. The van der Waals surface area contributed by atoms with Gasteiger partial charge in [0.05, 0.1) is 11.7 Å². The van der Waals surface area contributed by atoms with E-state index < -0.39 is 11.4 Å². The van der Waals surface area contributed by atoms with Gasteiger partial charge in [-0.15, -0.1) is 0 Å². The first-order valence-electron chi connectivity index (χ1n) is 10.8. The Morgan fingerprint density at radius 1 is 1.03 bits per heavy atom. The number of nitrogens with zero attached hydrogens (tertiary/aromatic N) is 2. The van der Waals surface area contributed by atoms with Crippen molar-refractivity contribution in [2.45, 2.75) is 17.9 Å². The molecular formula is C26H24N4O2S. The number of hydrogen-bond donors (Lipinski definition) is 2. The van der Waals surface area contributed by atoms with Crippen molar-refractivity contribution in [3.8, 4) is 0 Å². The lowest BCUT2D eigenvalue weighted by Crippen LogP contribution is -2.57. The molecule has 2 heterocycles. The van der Waals surface area contributed by atoms with Crippen LogP contribution in [0, 0.1) is 6.92 Å². The number of aryl methyl sites for hydroxylation is 1. The highest BCUT2D eigenvalue weighted by Gasteiger charge is 2.31. The van der Waals surface area contributed by atoms with E-state index in [0.717, 1.165) is 22.3 Å². The van der Waals surface area contributed by atoms with E-state index >= 15 is 0 Å². The van der Waals surface area contributed by atoms with Crippen LogP contribution in [0.4, 0.5) is 11.4 Å². The average molecular weight is 457 g/mol. The lowest BCUT2D eigenvalue weighted by molar-refractivity contribution is 0.0625. The summed E-state index contributed by atoms with van der Waals surface area (Å²) in [7, 11) is 0. The second-order valence-corrected chi connectivity index (χ2v) is 9.33. The summed E-state index contributed by atoms with van der Waals surface area (Å²) in [5.74, 6) is 0.00939. The zero-order valence-corrected chi connectivity index (χ0v) is 19.0. The van der Waals surface area contributed by atoms with Crippen LogP contribution < -0.4 is 10.0 Å². The standard InChI is InChI=1S/C26H24N4O2S/c1-18-15-20(26(31)30-16-22(17-30)28-21-9-3-2-4-10-21)12-13-23(18)29-33(32)24-11-5-7-19-8-6-14-27-25(19)24/h2-15,22,28-29H,16-17H2,1H3. The smallest absolute Gasteiger partial charge is 0.254 e. The number of likely N-dealkylation sites (tertiary alicyclic amines) is 1. The third kappa shape index (κ3) is 4.51. The highest BCUT2D eigenvalue weighted by atomic mass is 32.2. The maximum atomic E-state index is 13.0. The van der Waals surface area contributed by atoms with Gasteiger partial charge in [-0.25, -0.2) is 4.72 Å². The normalized spacial score (nSPS) is 14.5. The zero-order valence-electron chi connectivity index (χ0n) is 18.2. The Hall–Kier alpha value is -3.55. The first-order valence-corrected chi connectivity index (χ1v) is 12.0. The summed E-state index contributed by atoms with van der Waals surface area (Å²) in [6, 6.07) is 25.2. The number of amides is 1. The molecule has 0 spiro atoms. The number of rotatable bonds is 6. The van der Waals surface area contributed by atoms with Crippen molar-refractivity contribution in [2.75, 3.05) is 23.1 Å². The summed E-state index contributed by atoms with van der Waals surface area (Å²) in [6.07, 6.45) is 1.70. The number of carbonyl (C=O) groups is 1. The van der Waals surface area contributed by atoms with Crippen LogP contribution in [0.15, 0.2) is 90.0 Å². The summed E-state index contributed by atoms with van der Waals surface area (Å²) < 4.78 is 16.1. The van der Waals surface area contributed by atoms with Crippen molar-refractivity contribution in [3.63, 3.8) is 0 Å². The fraction of sp³-hybridized carbons (Fsp3) is 0.154. The monoisotopic (exact) mass is 456 g/mol. The Balaban J connectivity index is 1.24. The quantitative estimate of drug-likeness (QED) is 0.414. The molecule has 1 aromatic heterocycles. The number of carbonyl (C=O) groups excluding carboxylic acids is 1. The molecule has 0 radical (unpaired) electrons. The molecule has 4 aromatic rings. The second-order valence-electron chi connectivity index (χ2n) is 8.15. The van der Waals surface area contributed by atoms with E-state index in [9.17, 15) is 9.35 Å². The van der Waals surface area contributed by atoms with Crippen molar-refractivity contribution >= 4 is 39.5 Å². The maximum Gasteiger partial charge on any atom is 0.254 e. The average Bonchev–Trinajstić information content (AvgIpc) is 2.82. The van der Waals surface area contributed by atoms with Crippen molar-refractivity contribution in [1.29, 1.82) is 0 Å². The summed E-state index contributed by atoms with van der Waals surface area (Å²) in [6.45, 7) is 3.25. The Morgan fingerprint density at radius 3 is 2.61 bits per heavy atom. The molecule has 0 saturated carbocycles. The fourth-order valence-corrected chi connectivity index (χ4v) is 5.07. The lowest BCUT2D eigenvalue weighted by atomic mass is 10.0. The molecule has 1 aliphatic heterocycles. The molecular weight excluding hydrogens is 432 g/mol. The topological polar surface area (TPSA) is 80.3 Å². The van der Waals surface area contributed by atoms with Gasteiger partial charge in [0.2, 0.25) is 4.90 Å². The minimum atomic E-state index is -1.48. The first kappa shape index (κ1) is 21.3. The van der Waals surface area contributed by atoms with Gasteiger partial charge in [0.15, 0.2) is 0 Å². The molecule has 0 aliphatic carbocycles. The maximum absolute atomic E-state index is 13.0. The van der Waals surface area contributed by atoms with Gasteiger partial charge < -0.3 is 14.8 Å². The van der Waals surface area contributed by atoms with Crippen LogP contribution in [-0.4, -0.2) is 39.5 Å². The predicted octanol–water partition coefficient (Wildman–Crippen LogP) is 4.61. The molecule has 6 nitrogen and oxygen atoms in total. The molecule has 1 fully saturated rings. The third-order valence-electron chi connectivity index (χ3n) is 5.78. The van der Waals surface area contributed by atoms with Crippen LogP contribution in [0.5, 0.6) is 0 Å². The Morgan fingerprint density at radius 2 is 1.82 bits per heavy atom. The Labute approximate surface area is 196 Å². The van der Waals surface area contributed by atoms with E-state index in [1.165, 1.54) is 0 Å². The van der Waals surface area contributed by atoms with Crippen LogP contribution >= 0.6 is 0 Å². The van der Waals surface area contributed by atoms with Crippen LogP contribution in [0.25, 0.3) is 10.9 Å². The molecule has 5 rings (SSSR count). The van der Waals surface area contributed by atoms with Crippen molar-refractivity contribution in [3.05, 3.63) is 96.2 Å². The van der Waals surface area contributed by atoms with Gasteiger partial charge in [-0.1, -0.05) is 36.4 Å². The number of nitrogens with one attached hydrogen (secondary N) is 2. The van der Waals surface area contributed by atoms with E-state index in [1.54, 1.807) is 12.3 Å². The number of fused-ring (bicyclic) bond motifs is 1. The van der Waals surface area contributed by atoms with Crippen LogP contribution in [0.1, 0.15) is 15.9 Å². The summed E-state index contributed by atoms with van der Waals surface area (Å²) in [5.41, 5.74) is 4.00. The lowest BCUT2D eigenvalue weighted by Gasteiger charge is -2.40. The highest BCUT2D eigenvalue weighted by Crippen LogP contribution is 2.26. The minimum Gasteiger partial charge on any atom is -0.588 e. The molecule has 1 atom stereocenters. The first-order chi connectivity index (χ1) is 16.1. The van der Waals surface area contributed by atoms with E-state index in [2.05, 4.69) is 15.0 Å². The summed E-state index contributed by atoms with van der Waals surface area (Å²) in [5, 5.41) is 4.38. The van der Waals surface area contributed by atoms with Gasteiger partial charge in [-0.2, -0.15) is 0 Å². The van der Waals surface area contributed by atoms with E-state index in [1.807, 2.05) is 84.6 Å². The number of aromatic nitrogens is 1. The Kier molecular flexibility index (Phi) is 5.90. The summed E-state index contributed by atoms with van der Waals surface area (Å²) in [4.78, 5) is 19.7. The molecule has 166 valence electrons. The van der Waals surface area contributed by atoms with Crippen LogP contribution in [0.2, 0.25) is 0 Å². The van der Waals surface area contributed by atoms with E-state index in [4.69, 9.17) is 0 Å². The largest absolute Gasteiger partial charge is 0.588 e. The van der Waals surface area contributed by atoms with E-state index in [0.29, 0.717) is 29.1 Å². The molecule has 2 N–H and O–H groups in total. The van der Waals surface area contributed by atoms with E-state index in [-0.39, 0.29) is 11.9 Å². The SMILES string of the molecule is Cc1cc(C(=O)N2CC(Nc3ccccc3)C2)ccc1N[S+]([O-])c1cccc2cccnc12. The Bertz CT molecular complexity index is 1290.